The quantitative estimate of drug-likeness (QED) is 0.900. The van der Waals surface area contributed by atoms with Crippen LogP contribution in [0.15, 0.2) is 28.7 Å². The molecule has 1 aromatic rings. The maximum Gasteiger partial charge on any atom is 0.326 e. The third kappa shape index (κ3) is 3.74. The Labute approximate surface area is 108 Å². The number of anilines is 1. The first-order valence-electron chi connectivity index (χ1n) is 4.94. The molecule has 0 aromatic heterocycles. The molecule has 1 atom stereocenters. The van der Waals surface area contributed by atoms with E-state index < -0.39 is 18.0 Å². The summed E-state index contributed by atoms with van der Waals surface area (Å²) in [5, 5.41) is 11.4. The molecule has 0 aliphatic carbocycles. The lowest BCUT2D eigenvalue weighted by molar-refractivity contribution is -0.141. The molecule has 1 aromatic carbocycles. The molecule has 0 bridgehead atoms. The Hall–Kier alpha value is -1.56. The second kappa shape index (κ2) is 5.67. The fraction of sp³-hybridized carbons (Fsp3) is 0.273. The van der Waals surface area contributed by atoms with E-state index in [4.69, 9.17) is 5.11 Å². The standard InChI is InChI=1S/C11H13BrN2O3/c1-7(10(15)16)14(2)11(17)13-9-5-3-8(12)4-6-9/h3-7H,1-2H3,(H,13,17)(H,15,16). The SMILES string of the molecule is CC(C(=O)O)N(C)C(=O)Nc1ccc(Br)cc1. The molecular formula is C11H13BrN2O3. The van der Waals surface area contributed by atoms with Crippen molar-refractivity contribution in [3.8, 4) is 0 Å². The summed E-state index contributed by atoms with van der Waals surface area (Å²) in [6, 6.07) is 5.70. The summed E-state index contributed by atoms with van der Waals surface area (Å²) in [6.45, 7) is 1.45. The van der Waals surface area contributed by atoms with Gasteiger partial charge in [-0.2, -0.15) is 0 Å². The van der Waals surface area contributed by atoms with Gasteiger partial charge in [-0.1, -0.05) is 15.9 Å². The Morgan fingerprint density at radius 1 is 1.35 bits per heavy atom. The number of urea groups is 1. The molecule has 0 heterocycles. The maximum atomic E-state index is 11.7. The van der Waals surface area contributed by atoms with Gasteiger partial charge in [-0.3, -0.25) is 0 Å². The minimum atomic E-state index is -1.04. The van der Waals surface area contributed by atoms with E-state index in [-0.39, 0.29) is 0 Å². The molecule has 0 saturated heterocycles. The zero-order valence-electron chi connectivity index (χ0n) is 9.48. The monoisotopic (exact) mass is 300 g/mol. The first kappa shape index (κ1) is 13.5. The molecule has 0 saturated carbocycles. The largest absolute Gasteiger partial charge is 0.480 e. The van der Waals surface area contributed by atoms with Crippen molar-refractivity contribution in [1.29, 1.82) is 0 Å². The van der Waals surface area contributed by atoms with Crippen molar-refractivity contribution in [1.82, 2.24) is 4.90 Å². The Balaban J connectivity index is 2.66. The van der Waals surface area contributed by atoms with Gasteiger partial charge >= 0.3 is 12.0 Å². The summed E-state index contributed by atoms with van der Waals surface area (Å²) in [5.74, 6) is -1.04. The van der Waals surface area contributed by atoms with Crippen LogP contribution in [0.5, 0.6) is 0 Å². The van der Waals surface area contributed by atoms with Crippen LogP contribution in [0.25, 0.3) is 0 Å². The van der Waals surface area contributed by atoms with E-state index in [1.54, 1.807) is 24.3 Å². The number of nitrogens with one attached hydrogen (secondary N) is 1. The molecule has 5 nitrogen and oxygen atoms in total. The molecule has 2 amide bonds. The molecule has 0 aliphatic rings. The average molecular weight is 301 g/mol. The van der Waals surface area contributed by atoms with Gasteiger partial charge < -0.3 is 15.3 Å². The van der Waals surface area contributed by atoms with E-state index in [0.29, 0.717) is 5.69 Å². The van der Waals surface area contributed by atoms with Crippen LogP contribution < -0.4 is 5.32 Å². The summed E-state index contributed by atoms with van der Waals surface area (Å²) in [6.07, 6.45) is 0. The van der Waals surface area contributed by atoms with Crippen molar-refractivity contribution in [3.63, 3.8) is 0 Å². The van der Waals surface area contributed by atoms with Crippen LogP contribution in [-0.2, 0) is 4.79 Å². The van der Waals surface area contributed by atoms with Gasteiger partial charge in [0.15, 0.2) is 0 Å². The van der Waals surface area contributed by atoms with Crippen LogP contribution in [0.2, 0.25) is 0 Å². The highest BCUT2D eigenvalue weighted by Crippen LogP contribution is 2.14. The summed E-state index contributed by atoms with van der Waals surface area (Å²) >= 11 is 3.28. The minimum Gasteiger partial charge on any atom is -0.480 e. The van der Waals surface area contributed by atoms with Crippen molar-refractivity contribution < 1.29 is 14.7 Å². The molecule has 92 valence electrons. The van der Waals surface area contributed by atoms with Crippen LogP contribution in [0.1, 0.15) is 6.92 Å². The predicted molar refractivity (Wildman–Crippen MR) is 68.0 cm³/mol. The zero-order valence-corrected chi connectivity index (χ0v) is 11.1. The van der Waals surface area contributed by atoms with Gasteiger partial charge in [0, 0.05) is 17.2 Å². The number of amides is 2. The summed E-state index contributed by atoms with van der Waals surface area (Å²) < 4.78 is 0.905. The summed E-state index contributed by atoms with van der Waals surface area (Å²) in [7, 11) is 1.44. The van der Waals surface area contributed by atoms with Crippen molar-refractivity contribution in [2.45, 2.75) is 13.0 Å². The van der Waals surface area contributed by atoms with Gasteiger partial charge in [-0.25, -0.2) is 9.59 Å². The normalized spacial score (nSPS) is 11.7. The number of carboxylic acids is 1. The molecule has 0 spiro atoms. The number of hydrogen-bond acceptors (Lipinski definition) is 2. The highest BCUT2D eigenvalue weighted by Gasteiger charge is 2.21. The van der Waals surface area contributed by atoms with E-state index >= 15 is 0 Å². The van der Waals surface area contributed by atoms with Crippen LogP contribution in [-0.4, -0.2) is 35.1 Å². The predicted octanol–water partition coefficient (Wildman–Crippen LogP) is 2.39. The van der Waals surface area contributed by atoms with Crippen LogP contribution in [0, 0.1) is 0 Å². The Morgan fingerprint density at radius 2 is 1.88 bits per heavy atom. The topological polar surface area (TPSA) is 69.6 Å². The molecule has 1 unspecified atom stereocenters. The fourth-order valence-electron chi connectivity index (χ4n) is 1.09. The van der Waals surface area contributed by atoms with E-state index in [0.717, 1.165) is 9.37 Å². The third-order valence-corrected chi connectivity index (χ3v) is 2.88. The number of carbonyl (C=O) groups excluding carboxylic acids is 1. The fourth-order valence-corrected chi connectivity index (χ4v) is 1.35. The van der Waals surface area contributed by atoms with Gasteiger partial charge in [0.05, 0.1) is 0 Å². The van der Waals surface area contributed by atoms with Crippen molar-refractivity contribution >= 4 is 33.6 Å². The van der Waals surface area contributed by atoms with Gasteiger partial charge in [0.25, 0.3) is 0 Å². The van der Waals surface area contributed by atoms with Gasteiger partial charge in [-0.05, 0) is 31.2 Å². The number of hydrogen-bond donors (Lipinski definition) is 2. The Morgan fingerprint density at radius 3 is 2.35 bits per heavy atom. The molecule has 0 aliphatic heterocycles. The smallest absolute Gasteiger partial charge is 0.326 e. The van der Waals surface area contributed by atoms with Gasteiger partial charge in [0.1, 0.15) is 6.04 Å². The Kier molecular flexibility index (Phi) is 4.51. The third-order valence-electron chi connectivity index (χ3n) is 2.35. The highest BCUT2D eigenvalue weighted by molar-refractivity contribution is 9.10. The average Bonchev–Trinajstić information content (AvgIpc) is 2.30. The Bertz CT molecular complexity index is 419. The molecule has 2 N–H and O–H groups in total. The van der Waals surface area contributed by atoms with E-state index in [1.807, 2.05) is 0 Å². The lowest BCUT2D eigenvalue weighted by Gasteiger charge is -2.21. The lowest BCUT2D eigenvalue weighted by Crippen LogP contribution is -2.42. The molecule has 0 fully saturated rings. The van der Waals surface area contributed by atoms with E-state index in [2.05, 4.69) is 21.2 Å². The number of halogens is 1. The van der Waals surface area contributed by atoms with E-state index in [9.17, 15) is 9.59 Å². The molecular weight excluding hydrogens is 288 g/mol. The second-order valence-electron chi connectivity index (χ2n) is 3.56. The summed E-state index contributed by atoms with van der Waals surface area (Å²) in [5.41, 5.74) is 0.614. The molecule has 17 heavy (non-hydrogen) atoms. The second-order valence-corrected chi connectivity index (χ2v) is 4.48. The number of carbonyl (C=O) groups is 2. The van der Waals surface area contributed by atoms with Crippen molar-refractivity contribution in [2.24, 2.45) is 0 Å². The molecule has 6 heteroatoms. The number of carboxylic acid groups (broad SMARTS) is 1. The molecule has 0 radical (unpaired) electrons. The number of nitrogens with zero attached hydrogens (tertiary/aromatic N) is 1. The maximum absolute atomic E-state index is 11.7. The number of aliphatic carboxylic acids is 1. The van der Waals surface area contributed by atoms with Crippen molar-refractivity contribution in [3.05, 3.63) is 28.7 Å². The molecule has 1 rings (SSSR count). The lowest BCUT2D eigenvalue weighted by atomic mass is 10.3. The van der Waals surface area contributed by atoms with E-state index in [1.165, 1.54) is 14.0 Å². The van der Waals surface area contributed by atoms with Crippen LogP contribution >= 0.6 is 15.9 Å². The number of rotatable bonds is 3. The zero-order chi connectivity index (χ0) is 13.0. The van der Waals surface area contributed by atoms with Gasteiger partial charge in [0.2, 0.25) is 0 Å². The van der Waals surface area contributed by atoms with Gasteiger partial charge in [-0.15, -0.1) is 0 Å². The van der Waals surface area contributed by atoms with Crippen LogP contribution in [0.4, 0.5) is 10.5 Å². The van der Waals surface area contributed by atoms with Crippen LogP contribution in [0.3, 0.4) is 0 Å². The number of likely N-dealkylation sites (N-methyl/N-ethyl adjacent to an activating group) is 1. The van der Waals surface area contributed by atoms with Crippen molar-refractivity contribution in [2.75, 3.05) is 12.4 Å². The first-order valence-corrected chi connectivity index (χ1v) is 5.73. The summed E-state index contributed by atoms with van der Waals surface area (Å²) in [4.78, 5) is 23.5. The first-order chi connectivity index (χ1) is 7.91. The minimum absolute atomic E-state index is 0.456. The highest BCUT2D eigenvalue weighted by atomic mass is 79.9. The number of benzene rings is 1.